The van der Waals surface area contributed by atoms with Crippen molar-refractivity contribution in [3.05, 3.63) is 24.3 Å². The Kier molecular flexibility index (Phi) is 3.92. The van der Waals surface area contributed by atoms with Crippen LogP contribution in [0.2, 0.25) is 0 Å². The van der Waals surface area contributed by atoms with Gasteiger partial charge in [0.05, 0.1) is 17.6 Å². The molecule has 1 aliphatic rings. The Morgan fingerprint density at radius 2 is 1.90 bits per heavy atom. The number of pyridine rings is 1. The Morgan fingerprint density at radius 1 is 1.19 bits per heavy atom. The molecule has 3 heterocycles. The van der Waals surface area contributed by atoms with Gasteiger partial charge in [-0.2, -0.15) is 4.37 Å². The number of aromatic nitrogens is 3. The lowest BCUT2D eigenvalue weighted by atomic mass is 10.2. The van der Waals surface area contributed by atoms with Crippen LogP contribution in [-0.4, -0.2) is 40.5 Å². The van der Waals surface area contributed by atoms with E-state index in [9.17, 15) is 0 Å². The highest BCUT2D eigenvalue weighted by atomic mass is 32.1. The van der Waals surface area contributed by atoms with Gasteiger partial charge in [0.15, 0.2) is 0 Å². The summed E-state index contributed by atoms with van der Waals surface area (Å²) in [5.74, 6) is 1.32. The summed E-state index contributed by atoms with van der Waals surface area (Å²) < 4.78 is 4.43. The summed E-state index contributed by atoms with van der Waals surface area (Å²) in [6.45, 7) is 7.99. The molecule has 7 heteroatoms. The average Bonchev–Trinajstić information content (AvgIpc) is 2.98. The fourth-order valence-corrected chi connectivity index (χ4v) is 3.27. The summed E-state index contributed by atoms with van der Waals surface area (Å²) >= 11 is 1.50. The number of rotatable bonds is 3. The maximum absolute atomic E-state index is 6.00. The number of nitrogens with two attached hydrogens (primary N) is 1. The molecule has 0 aliphatic carbocycles. The van der Waals surface area contributed by atoms with Gasteiger partial charge >= 0.3 is 0 Å². The predicted molar refractivity (Wildman–Crippen MR) is 87.1 cm³/mol. The molecule has 0 unspecified atom stereocenters. The predicted octanol–water partition coefficient (Wildman–Crippen LogP) is 1.97. The second-order valence-electron chi connectivity index (χ2n) is 5.50. The third-order valence-electron chi connectivity index (χ3n) is 3.67. The number of anilines is 3. The van der Waals surface area contributed by atoms with Gasteiger partial charge in [-0.3, -0.25) is 4.98 Å². The lowest BCUT2D eigenvalue weighted by Gasteiger charge is -2.36. The van der Waals surface area contributed by atoms with E-state index in [-0.39, 0.29) is 0 Å². The normalized spacial score (nSPS) is 15.8. The molecule has 3 rings (SSSR count). The van der Waals surface area contributed by atoms with Crippen molar-refractivity contribution in [2.24, 2.45) is 0 Å². The zero-order valence-corrected chi connectivity index (χ0v) is 13.2. The molecule has 0 aromatic carbocycles. The molecule has 2 aromatic rings. The van der Waals surface area contributed by atoms with Crippen molar-refractivity contribution in [1.29, 1.82) is 0 Å². The van der Waals surface area contributed by atoms with Crippen molar-refractivity contribution in [3.8, 4) is 0 Å². The fraction of sp³-hybridized carbons (Fsp3) is 0.500. The molecule has 0 amide bonds. The maximum atomic E-state index is 6.00. The van der Waals surface area contributed by atoms with E-state index in [1.165, 1.54) is 11.5 Å². The van der Waals surface area contributed by atoms with Crippen LogP contribution in [0, 0.1) is 0 Å². The second kappa shape index (κ2) is 5.85. The quantitative estimate of drug-likeness (QED) is 0.934. The van der Waals surface area contributed by atoms with E-state index in [1.807, 2.05) is 6.07 Å². The lowest BCUT2D eigenvalue weighted by Crippen LogP contribution is -2.46. The molecule has 1 saturated heterocycles. The van der Waals surface area contributed by atoms with Crippen LogP contribution in [0.5, 0.6) is 0 Å². The lowest BCUT2D eigenvalue weighted by molar-refractivity contribution is 0.650. The standard InChI is InChI=1S/C14H20N6S/c1-10(2)13-17-14(21-18-13)20-7-5-19(6-8-20)12-3-4-16-9-11(12)15/h3-4,9-10H,5-8,15H2,1-2H3. The minimum atomic E-state index is 0.382. The molecule has 1 fully saturated rings. The van der Waals surface area contributed by atoms with Crippen molar-refractivity contribution in [1.82, 2.24) is 14.3 Å². The van der Waals surface area contributed by atoms with Crippen LogP contribution in [0.3, 0.4) is 0 Å². The van der Waals surface area contributed by atoms with Crippen molar-refractivity contribution in [2.75, 3.05) is 41.7 Å². The second-order valence-corrected chi connectivity index (χ2v) is 6.23. The summed E-state index contributed by atoms with van der Waals surface area (Å²) in [4.78, 5) is 13.3. The molecular formula is C14H20N6S. The van der Waals surface area contributed by atoms with Crippen LogP contribution in [0.1, 0.15) is 25.6 Å². The van der Waals surface area contributed by atoms with Crippen molar-refractivity contribution in [3.63, 3.8) is 0 Å². The van der Waals surface area contributed by atoms with E-state index in [4.69, 9.17) is 5.73 Å². The largest absolute Gasteiger partial charge is 0.396 e. The molecule has 0 spiro atoms. The first-order chi connectivity index (χ1) is 10.1. The van der Waals surface area contributed by atoms with Crippen molar-refractivity contribution < 1.29 is 0 Å². The third-order valence-corrected chi connectivity index (χ3v) is 4.46. The summed E-state index contributed by atoms with van der Waals surface area (Å²) in [7, 11) is 0. The minimum absolute atomic E-state index is 0.382. The highest BCUT2D eigenvalue weighted by Crippen LogP contribution is 2.26. The SMILES string of the molecule is CC(C)c1nsc(N2CCN(c3ccncc3N)CC2)n1. The Morgan fingerprint density at radius 3 is 2.52 bits per heavy atom. The molecule has 21 heavy (non-hydrogen) atoms. The van der Waals surface area contributed by atoms with Gasteiger partial charge in [0.1, 0.15) is 5.82 Å². The minimum Gasteiger partial charge on any atom is -0.396 e. The number of piperazine rings is 1. The summed E-state index contributed by atoms with van der Waals surface area (Å²) in [5.41, 5.74) is 7.81. The van der Waals surface area contributed by atoms with Crippen molar-refractivity contribution >= 4 is 28.0 Å². The van der Waals surface area contributed by atoms with E-state index in [0.29, 0.717) is 5.92 Å². The van der Waals surface area contributed by atoms with Crippen LogP contribution in [-0.2, 0) is 0 Å². The fourth-order valence-electron chi connectivity index (χ4n) is 2.42. The molecule has 1 aliphatic heterocycles. The van der Waals surface area contributed by atoms with E-state index < -0.39 is 0 Å². The maximum Gasteiger partial charge on any atom is 0.205 e. The molecule has 0 radical (unpaired) electrons. The van der Waals surface area contributed by atoms with E-state index in [0.717, 1.165) is 48.5 Å². The van der Waals surface area contributed by atoms with Gasteiger partial charge in [0.2, 0.25) is 5.13 Å². The van der Waals surface area contributed by atoms with Crippen molar-refractivity contribution in [2.45, 2.75) is 19.8 Å². The Hall–Kier alpha value is -1.89. The van der Waals surface area contributed by atoms with Gasteiger partial charge < -0.3 is 15.5 Å². The van der Waals surface area contributed by atoms with Gasteiger partial charge in [-0.25, -0.2) is 4.98 Å². The van der Waals surface area contributed by atoms with E-state index >= 15 is 0 Å². The molecule has 2 aromatic heterocycles. The average molecular weight is 304 g/mol. The van der Waals surface area contributed by atoms with Gasteiger partial charge in [-0.1, -0.05) is 13.8 Å². The smallest absolute Gasteiger partial charge is 0.205 e. The molecular weight excluding hydrogens is 284 g/mol. The number of nitrogens with zero attached hydrogens (tertiary/aromatic N) is 5. The van der Waals surface area contributed by atoms with Crippen LogP contribution in [0.15, 0.2) is 18.5 Å². The van der Waals surface area contributed by atoms with Crippen LogP contribution < -0.4 is 15.5 Å². The van der Waals surface area contributed by atoms with Gasteiger partial charge in [0, 0.05) is 49.8 Å². The molecule has 0 bridgehead atoms. The zero-order valence-electron chi connectivity index (χ0n) is 12.4. The number of nitrogen functional groups attached to an aromatic ring is 1. The Bertz CT molecular complexity index is 603. The van der Waals surface area contributed by atoms with Crippen LogP contribution in [0.25, 0.3) is 0 Å². The summed E-state index contributed by atoms with van der Waals surface area (Å²) in [5, 5.41) is 1.03. The van der Waals surface area contributed by atoms with E-state index in [2.05, 4.69) is 38.0 Å². The first-order valence-corrected chi connectivity index (χ1v) is 7.95. The number of hydrogen-bond donors (Lipinski definition) is 1. The van der Waals surface area contributed by atoms with Crippen LogP contribution in [0.4, 0.5) is 16.5 Å². The van der Waals surface area contributed by atoms with Gasteiger partial charge in [-0.15, -0.1) is 0 Å². The number of hydrogen-bond acceptors (Lipinski definition) is 7. The first-order valence-electron chi connectivity index (χ1n) is 7.18. The summed E-state index contributed by atoms with van der Waals surface area (Å²) in [6.07, 6.45) is 3.50. The van der Waals surface area contributed by atoms with E-state index in [1.54, 1.807) is 12.4 Å². The monoisotopic (exact) mass is 304 g/mol. The summed E-state index contributed by atoms with van der Waals surface area (Å²) in [6, 6.07) is 1.98. The van der Waals surface area contributed by atoms with Gasteiger partial charge in [-0.05, 0) is 6.07 Å². The first kappa shape index (κ1) is 14.1. The zero-order chi connectivity index (χ0) is 14.8. The highest BCUT2D eigenvalue weighted by Gasteiger charge is 2.21. The molecule has 0 saturated carbocycles. The topological polar surface area (TPSA) is 71.2 Å². The Balaban J connectivity index is 1.66. The molecule has 2 N–H and O–H groups in total. The van der Waals surface area contributed by atoms with Crippen LogP contribution >= 0.6 is 11.5 Å². The molecule has 112 valence electrons. The third kappa shape index (κ3) is 2.92. The Labute approximate surface area is 128 Å². The molecule has 6 nitrogen and oxygen atoms in total. The van der Waals surface area contributed by atoms with Gasteiger partial charge in [0.25, 0.3) is 0 Å². The molecule has 0 atom stereocenters. The highest BCUT2D eigenvalue weighted by molar-refractivity contribution is 7.09.